The number of carbonyl (C=O) groups is 2. The zero-order chi connectivity index (χ0) is 16.3. The molecule has 8 heteroatoms. The summed E-state index contributed by atoms with van der Waals surface area (Å²) < 4.78 is 40.2. The predicted octanol–water partition coefficient (Wildman–Crippen LogP) is 2.50. The lowest BCUT2D eigenvalue weighted by Crippen LogP contribution is -2.40. The summed E-state index contributed by atoms with van der Waals surface area (Å²) >= 11 is 0. The van der Waals surface area contributed by atoms with E-state index < -0.39 is 23.5 Å². The fraction of sp³-hybridized carbons (Fsp3) is 0.500. The first-order valence-electron chi connectivity index (χ1n) is 6.82. The largest absolute Gasteiger partial charge is 0.481 e. The average molecular weight is 316 g/mol. The van der Waals surface area contributed by atoms with Crippen LogP contribution in [0.25, 0.3) is 0 Å². The highest BCUT2D eigenvalue weighted by atomic mass is 19.3. The maximum atomic E-state index is 14.0. The molecule has 1 aliphatic rings. The number of carboxylic acids is 1. The molecule has 1 N–H and O–H groups in total. The monoisotopic (exact) mass is 316 g/mol. The Morgan fingerprint density at radius 1 is 1.27 bits per heavy atom. The molecule has 2 rings (SSSR count). The van der Waals surface area contributed by atoms with Crippen molar-refractivity contribution in [2.45, 2.75) is 31.6 Å². The van der Waals surface area contributed by atoms with Gasteiger partial charge in [-0.3, -0.25) is 9.59 Å². The number of rotatable bonds is 5. The standard InChI is InChI=1S/C14H15F3N2O3/c15-10-7-9(11(20)1-2-12(21)22)8-18-13(10)19-5-3-14(16,17)4-6-19/h7-8H,1-6H2,(H,21,22). The number of Topliss-reactive ketones (excluding diaryl/α,β-unsaturated/α-hetero) is 1. The quantitative estimate of drug-likeness (QED) is 0.845. The third-order valence-electron chi connectivity index (χ3n) is 3.50. The molecule has 1 fully saturated rings. The number of ketones is 1. The molecule has 0 atom stereocenters. The van der Waals surface area contributed by atoms with E-state index >= 15 is 0 Å². The molecule has 0 amide bonds. The van der Waals surface area contributed by atoms with Crippen LogP contribution in [0, 0.1) is 5.82 Å². The molecule has 1 aliphatic heterocycles. The zero-order valence-electron chi connectivity index (χ0n) is 11.7. The van der Waals surface area contributed by atoms with Crippen molar-refractivity contribution < 1.29 is 27.9 Å². The van der Waals surface area contributed by atoms with Gasteiger partial charge in [0.15, 0.2) is 17.4 Å². The molecule has 1 aromatic rings. The van der Waals surface area contributed by atoms with E-state index in [2.05, 4.69) is 4.98 Å². The lowest BCUT2D eigenvalue weighted by atomic mass is 10.1. The van der Waals surface area contributed by atoms with Crippen LogP contribution in [0.1, 0.15) is 36.0 Å². The molecule has 0 saturated carbocycles. The molecule has 0 bridgehead atoms. The summed E-state index contributed by atoms with van der Waals surface area (Å²) in [5, 5.41) is 8.51. The van der Waals surface area contributed by atoms with Gasteiger partial charge in [0.2, 0.25) is 0 Å². The van der Waals surface area contributed by atoms with Crippen molar-refractivity contribution in [2.75, 3.05) is 18.0 Å². The highest BCUT2D eigenvalue weighted by Crippen LogP contribution is 2.30. The van der Waals surface area contributed by atoms with Crippen molar-refractivity contribution in [1.82, 2.24) is 4.98 Å². The van der Waals surface area contributed by atoms with Gasteiger partial charge in [-0.2, -0.15) is 0 Å². The fourth-order valence-electron chi connectivity index (χ4n) is 2.23. The summed E-state index contributed by atoms with van der Waals surface area (Å²) in [5.74, 6) is -5.21. The van der Waals surface area contributed by atoms with Gasteiger partial charge in [-0.1, -0.05) is 0 Å². The van der Waals surface area contributed by atoms with Crippen molar-refractivity contribution >= 4 is 17.6 Å². The summed E-state index contributed by atoms with van der Waals surface area (Å²) in [6.07, 6.45) is -0.175. The SMILES string of the molecule is O=C(O)CCC(=O)c1cnc(N2CCC(F)(F)CC2)c(F)c1. The summed E-state index contributed by atoms with van der Waals surface area (Å²) in [6, 6.07) is 0.971. The number of anilines is 1. The van der Waals surface area contributed by atoms with E-state index in [1.807, 2.05) is 0 Å². The Hall–Kier alpha value is -2.12. The van der Waals surface area contributed by atoms with E-state index in [1.165, 1.54) is 4.90 Å². The molecule has 120 valence electrons. The summed E-state index contributed by atoms with van der Waals surface area (Å²) in [5.41, 5.74) is -0.0233. The van der Waals surface area contributed by atoms with Crippen molar-refractivity contribution in [2.24, 2.45) is 0 Å². The van der Waals surface area contributed by atoms with E-state index in [-0.39, 0.29) is 50.2 Å². The number of alkyl halides is 2. The van der Waals surface area contributed by atoms with Crippen LogP contribution in [0.5, 0.6) is 0 Å². The van der Waals surface area contributed by atoms with Crippen molar-refractivity contribution in [3.05, 3.63) is 23.6 Å². The van der Waals surface area contributed by atoms with E-state index in [0.717, 1.165) is 12.3 Å². The molecule has 22 heavy (non-hydrogen) atoms. The molecule has 1 saturated heterocycles. The van der Waals surface area contributed by atoms with Crippen LogP contribution in [0.4, 0.5) is 19.0 Å². The summed E-state index contributed by atoms with van der Waals surface area (Å²) in [6.45, 7) is -0.0214. The topological polar surface area (TPSA) is 70.5 Å². The normalized spacial score (nSPS) is 17.3. The average Bonchev–Trinajstić information content (AvgIpc) is 2.45. The number of hydrogen-bond donors (Lipinski definition) is 1. The van der Waals surface area contributed by atoms with Gasteiger partial charge in [0, 0.05) is 44.1 Å². The molecule has 1 aromatic heterocycles. The van der Waals surface area contributed by atoms with Crippen molar-refractivity contribution in [1.29, 1.82) is 0 Å². The van der Waals surface area contributed by atoms with Crippen LogP contribution in [-0.4, -0.2) is 40.9 Å². The van der Waals surface area contributed by atoms with Crippen LogP contribution in [-0.2, 0) is 4.79 Å². The molecule has 0 spiro atoms. The minimum absolute atomic E-state index is 0.0107. The first kappa shape index (κ1) is 16.3. The zero-order valence-corrected chi connectivity index (χ0v) is 11.7. The van der Waals surface area contributed by atoms with Gasteiger partial charge in [0.1, 0.15) is 0 Å². The number of hydrogen-bond acceptors (Lipinski definition) is 4. The Morgan fingerprint density at radius 2 is 1.91 bits per heavy atom. The number of piperidine rings is 1. The maximum Gasteiger partial charge on any atom is 0.303 e. The summed E-state index contributed by atoms with van der Waals surface area (Å²) in [4.78, 5) is 27.3. The molecular formula is C14H15F3N2O3. The number of aromatic nitrogens is 1. The number of halogens is 3. The second-order valence-corrected chi connectivity index (χ2v) is 5.19. The number of pyridine rings is 1. The van der Waals surface area contributed by atoms with Gasteiger partial charge < -0.3 is 10.0 Å². The lowest BCUT2D eigenvalue weighted by molar-refractivity contribution is -0.136. The van der Waals surface area contributed by atoms with Crippen LogP contribution >= 0.6 is 0 Å². The van der Waals surface area contributed by atoms with Gasteiger partial charge in [0.05, 0.1) is 6.42 Å². The first-order chi connectivity index (χ1) is 10.3. The predicted molar refractivity (Wildman–Crippen MR) is 71.8 cm³/mol. The maximum absolute atomic E-state index is 14.0. The molecule has 0 aromatic carbocycles. The highest BCUT2D eigenvalue weighted by molar-refractivity contribution is 5.97. The third kappa shape index (κ3) is 3.96. The Balaban J connectivity index is 2.07. The van der Waals surface area contributed by atoms with Gasteiger partial charge >= 0.3 is 5.97 Å². The van der Waals surface area contributed by atoms with E-state index in [9.17, 15) is 22.8 Å². The molecule has 2 heterocycles. The fourth-order valence-corrected chi connectivity index (χ4v) is 2.23. The third-order valence-corrected chi connectivity index (χ3v) is 3.50. The van der Waals surface area contributed by atoms with E-state index in [1.54, 1.807) is 0 Å². The van der Waals surface area contributed by atoms with Crippen LogP contribution in [0.2, 0.25) is 0 Å². The molecule has 5 nitrogen and oxygen atoms in total. The molecule has 0 unspecified atom stereocenters. The summed E-state index contributed by atoms with van der Waals surface area (Å²) in [7, 11) is 0. The Bertz CT molecular complexity index is 583. The van der Waals surface area contributed by atoms with Crippen LogP contribution in [0.3, 0.4) is 0 Å². The van der Waals surface area contributed by atoms with Crippen molar-refractivity contribution in [3.63, 3.8) is 0 Å². The number of nitrogens with zero attached hydrogens (tertiary/aromatic N) is 2. The lowest BCUT2D eigenvalue weighted by Gasteiger charge is -2.32. The minimum atomic E-state index is -2.74. The smallest absolute Gasteiger partial charge is 0.303 e. The van der Waals surface area contributed by atoms with Gasteiger partial charge in [-0.25, -0.2) is 18.2 Å². The van der Waals surface area contributed by atoms with Gasteiger partial charge in [-0.05, 0) is 6.07 Å². The van der Waals surface area contributed by atoms with Gasteiger partial charge in [-0.15, -0.1) is 0 Å². The van der Waals surface area contributed by atoms with E-state index in [4.69, 9.17) is 5.11 Å². The van der Waals surface area contributed by atoms with Crippen LogP contribution in [0.15, 0.2) is 12.3 Å². The Morgan fingerprint density at radius 3 is 2.45 bits per heavy atom. The minimum Gasteiger partial charge on any atom is -0.481 e. The Kier molecular flexibility index (Phi) is 4.68. The molecule has 0 radical (unpaired) electrons. The molecule has 0 aliphatic carbocycles. The van der Waals surface area contributed by atoms with Gasteiger partial charge in [0.25, 0.3) is 5.92 Å². The molecular weight excluding hydrogens is 301 g/mol. The second-order valence-electron chi connectivity index (χ2n) is 5.19. The number of aliphatic carboxylic acids is 1. The van der Waals surface area contributed by atoms with Crippen molar-refractivity contribution in [3.8, 4) is 0 Å². The van der Waals surface area contributed by atoms with E-state index in [0.29, 0.717) is 0 Å². The second kappa shape index (κ2) is 6.33. The van der Waals surface area contributed by atoms with Crippen LogP contribution < -0.4 is 4.90 Å². The highest BCUT2D eigenvalue weighted by Gasteiger charge is 2.35. The Labute approximate surface area is 124 Å². The first-order valence-corrected chi connectivity index (χ1v) is 6.82. The number of carbonyl (C=O) groups excluding carboxylic acids is 1. The number of carboxylic acid groups (broad SMARTS) is 1.